The first-order valence-corrected chi connectivity index (χ1v) is 11.5. The van der Waals surface area contributed by atoms with Gasteiger partial charge in [-0.1, -0.05) is 0 Å². The molecule has 9 heteroatoms. The van der Waals surface area contributed by atoms with Gasteiger partial charge in [-0.15, -0.1) is 0 Å². The maximum Gasteiger partial charge on any atom is 0.255 e. The molecule has 3 atom stereocenters. The van der Waals surface area contributed by atoms with E-state index >= 15 is 0 Å². The molecule has 0 bridgehead atoms. The van der Waals surface area contributed by atoms with Crippen molar-refractivity contribution in [2.45, 2.75) is 38.8 Å². The fourth-order valence-electron chi connectivity index (χ4n) is 5.30. The maximum absolute atomic E-state index is 12.8. The third kappa shape index (κ3) is 3.46. The summed E-state index contributed by atoms with van der Waals surface area (Å²) >= 11 is 0. The Hall–Kier alpha value is -3.67. The van der Waals surface area contributed by atoms with Crippen LogP contribution >= 0.6 is 0 Å². The van der Waals surface area contributed by atoms with E-state index in [0.29, 0.717) is 17.7 Å². The van der Waals surface area contributed by atoms with Crippen LogP contribution in [0.3, 0.4) is 0 Å². The van der Waals surface area contributed by atoms with Crippen LogP contribution in [0.2, 0.25) is 0 Å². The number of rotatable bonds is 5. The molecule has 2 unspecified atom stereocenters. The summed E-state index contributed by atoms with van der Waals surface area (Å²) in [5.41, 5.74) is 5.08. The van der Waals surface area contributed by atoms with E-state index in [1.165, 1.54) is 12.1 Å². The van der Waals surface area contributed by atoms with Crippen LogP contribution in [-0.2, 0) is 20.0 Å². The Morgan fingerprint density at radius 1 is 1.33 bits per heavy atom. The zero-order chi connectivity index (χ0) is 22.7. The van der Waals surface area contributed by atoms with Gasteiger partial charge in [0, 0.05) is 37.7 Å². The predicted molar refractivity (Wildman–Crippen MR) is 121 cm³/mol. The van der Waals surface area contributed by atoms with E-state index in [9.17, 15) is 10.1 Å². The SMILES string of the molecule is Cc1nc(N2CC3CC3C2)c(C#N)cc1Cn1cc(C(=O)N[C@@H]2CCc3c2ncn3C)cn1. The van der Waals surface area contributed by atoms with Crippen molar-refractivity contribution < 1.29 is 4.79 Å². The Bertz CT molecular complexity index is 1290. The largest absolute Gasteiger partial charge is 0.355 e. The molecular weight excluding hydrogens is 416 g/mol. The minimum absolute atomic E-state index is 0.0640. The summed E-state index contributed by atoms with van der Waals surface area (Å²) in [5.74, 6) is 2.21. The number of imidazole rings is 1. The zero-order valence-electron chi connectivity index (χ0n) is 18.8. The summed E-state index contributed by atoms with van der Waals surface area (Å²) < 4.78 is 3.74. The van der Waals surface area contributed by atoms with Gasteiger partial charge >= 0.3 is 0 Å². The van der Waals surface area contributed by atoms with Crippen LogP contribution in [0.5, 0.6) is 0 Å². The molecule has 0 aromatic carbocycles. The molecular formula is C24H26N8O. The van der Waals surface area contributed by atoms with Gasteiger partial charge in [0.2, 0.25) is 0 Å². The first kappa shape index (κ1) is 20.0. The van der Waals surface area contributed by atoms with Crippen molar-refractivity contribution in [2.75, 3.05) is 18.0 Å². The fraction of sp³-hybridized carbons (Fsp3) is 0.458. The summed E-state index contributed by atoms with van der Waals surface area (Å²) in [6.07, 6.45) is 8.22. The number of aryl methyl sites for hydroxylation is 2. The molecule has 3 aliphatic rings. The van der Waals surface area contributed by atoms with Crippen LogP contribution in [0.4, 0.5) is 5.82 Å². The molecule has 0 radical (unpaired) electrons. The first-order chi connectivity index (χ1) is 16.0. The first-order valence-electron chi connectivity index (χ1n) is 11.5. The molecule has 33 heavy (non-hydrogen) atoms. The van der Waals surface area contributed by atoms with Crippen molar-refractivity contribution in [3.8, 4) is 6.07 Å². The van der Waals surface area contributed by atoms with E-state index in [-0.39, 0.29) is 11.9 Å². The molecule has 4 heterocycles. The average Bonchev–Trinajstić information content (AvgIpc) is 3.27. The van der Waals surface area contributed by atoms with Gasteiger partial charge in [-0.25, -0.2) is 9.97 Å². The van der Waals surface area contributed by atoms with Crippen molar-refractivity contribution in [3.63, 3.8) is 0 Å². The number of aromatic nitrogens is 5. The highest BCUT2D eigenvalue weighted by Gasteiger charge is 2.46. The van der Waals surface area contributed by atoms with Crippen molar-refractivity contribution >= 4 is 11.7 Å². The minimum atomic E-state index is -0.153. The third-order valence-corrected chi connectivity index (χ3v) is 7.32. The van der Waals surface area contributed by atoms with Gasteiger partial charge in [-0.2, -0.15) is 10.4 Å². The van der Waals surface area contributed by atoms with Gasteiger partial charge in [0.15, 0.2) is 0 Å². The number of carbonyl (C=O) groups is 1. The number of nitrogens with one attached hydrogen (secondary N) is 1. The molecule has 2 fully saturated rings. The molecule has 2 aliphatic carbocycles. The molecule has 168 valence electrons. The second-order valence-corrected chi connectivity index (χ2v) is 9.56. The van der Waals surface area contributed by atoms with Gasteiger partial charge in [0.25, 0.3) is 5.91 Å². The number of fused-ring (bicyclic) bond motifs is 2. The van der Waals surface area contributed by atoms with Gasteiger partial charge in [-0.3, -0.25) is 9.48 Å². The van der Waals surface area contributed by atoms with E-state index in [1.807, 2.05) is 24.6 Å². The Morgan fingerprint density at radius 2 is 2.15 bits per heavy atom. The normalized spacial score (nSPS) is 22.7. The van der Waals surface area contributed by atoms with Crippen LogP contribution < -0.4 is 10.2 Å². The molecule has 0 spiro atoms. The second kappa shape index (κ2) is 7.44. The lowest BCUT2D eigenvalue weighted by molar-refractivity contribution is 0.0936. The molecule has 1 N–H and O–H groups in total. The molecule has 6 rings (SSSR count). The van der Waals surface area contributed by atoms with Crippen LogP contribution in [0, 0.1) is 30.1 Å². The topological polar surface area (TPSA) is 105 Å². The number of hydrogen-bond acceptors (Lipinski definition) is 6. The van der Waals surface area contributed by atoms with Crippen LogP contribution in [-0.4, -0.2) is 43.3 Å². The highest BCUT2D eigenvalue weighted by molar-refractivity contribution is 5.94. The highest BCUT2D eigenvalue weighted by atomic mass is 16.1. The highest BCUT2D eigenvalue weighted by Crippen LogP contribution is 2.46. The number of nitriles is 1. The number of amides is 1. The van der Waals surface area contributed by atoms with Crippen LogP contribution in [0.1, 0.15) is 57.5 Å². The molecule has 1 saturated carbocycles. The van der Waals surface area contributed by atoms with Gasteiger partial charge in [0.05, 0.1) is 41.9 Å². The number of hydrogen-bond donors (Lipinski definition) is 1. The molecule has 3 aromatic heterocycles. The molecule has 3 aromatic rings. The zero-order valence-corrected chi connectivity index (χ0v) is 18.8. The quantitative estimate of drug-likeness (QED) is 0.649. The molecule has 1 amide bonds. The van der Waals surface area contributed by atoms with E-state index in [1.54, 1.807) is 23.4 Å². The lowest BCUT2D eigenvalue weighted by Gasteiger charge is -2.21. The number of anilines is 1. The molecule has 1 saturated heterocycles. The number of pyridine rings is 1. The summed E-state index contributed by atoms with van der Waals surface area (Å²) in [6, 6.07) is 4.18. The Kier molecular flexibility index (Phi) is 4.50. The van der Waals surface area contributed by atoms with Crippen LogP contribution in [0.15, 0.2) is 24.8 Å². The summed E-state index contributed by atoms with van der Waals surface area (Å²) in [6.45, 7) is 4.44. The fourth-order valence-corrected chi connectivity index (χ4v) is 5.30. The maximum atomic E-state index is 12.8. The molecule has 9 nitrogen and oxygen atoms in total. The van der Waals surface area contributed by atoms with E-state index in [4.69, 9.17) is 4.98 Å². The van der Waals surface area contributed by atoms with Crippen molar-refractivity contribution in [1.82, 2.24) is 29.6 Å². The summed E-state index contributed by atoms with van der Waals surface area (Å²) in [4.78, 5) is 24.3. The minimum Gasteiger partial charge on any atom is -0.355 e. The van der Waals surface area contributed by atoms with Crippen molar-refractivity contribution in [3.05, 3.63) is 58.6 Å². The van der Waals surface area contributed by atoms with Crippen molar-refractivity contribution in [2.24, 2.45) is 18.9 Å². The standard InChI is InChI=1S/C24H26N8O/c1-14-16(5-15(7-25)23(28-14)31-9-17-6-18(17)10-31)11-32-12-19(8-27-32)24(33)29-20-3-4-21-22(20)26-13-30(21)2/h5,8,12-13,17-18,20H,3-4,6,9-11H2,1-2H3,(H,29,33)/t17?,18?,20-/m1/s1. The van der Waals surface area contributed by atoms with Gasteiger partial charge in [0.1, 0.15) is 11.9 Å². The molecule has 1 aliphatic heterocycles. The number of nitrogens with zero attached hydrogens (tertiary/aromatic N) is 7. The Labute approximate surface area is 192 Å². The monoisotopic (exact) mass is 442 g/mol. The predicted octanol–water partition coefficient (Wildman–Crippen LogP) is 2.11. The summed E-state index contributed by atoms with van der Waals surface area (Å²) in [5, 5.41) is 17.2. The van der Waals surface area contributed by atoms with Crippen LogP contribution in [0.25, 0.3) is 0 Å². The Morgan fingerprint density at radius 3 is 2.94 bits per heavy atom. The van der Waals surface area contributed by atoms with E-state index < -0.39 is 0 Å². The Balaban J connectivity index is 1.16. The third-order valence-electron chi connectivity index (χ3n) is 7.32. The van der Waals surface area contributed by atoms with Crippen molar-refractivity contribution in [1.29, 1.82) is 5.26 Å². The van der Waals surface area contributed by atoms with E-state index in [0.717, 1.165) is 60.5 Å². The smallest absolute Gasteiger partial charge is 0.255 e. The average molecular weight is 443 g/mol. The number of piperidine rings is 1. The summed E-state index contributed by atoms with van der Waals surface area (Å²) in [7, 11) is 1.98. The second-order valence-electron chi connectivity index (χ2n) is 9.56. The number of carbonyl (C=O) groups excluding carboxylic acids is 1. The van der Waals surface area contributed by atoms with Gasteiger partial charge < -0.3 is 14.8 Å². The van der Waals surface area contributed by atoms with Gasteiger partial charge in [-0.05, 0) is 49.7 Å². The lowest BCUT2D eigenvalue weighted by atomic mass is 10.1. The lowest BCUT2D eigenvalue weighted by Crippen LogP contribution is -2.27. The van der Waals surface area contributed by atoms with E-state index in [2.05, 4.69) is 26.4 Å².